The fourth-order valence-corrected chi connectivity index (χ4v) is 1.82. The zero-order valence-corrected chi connectivity index (χ0v) is 12.4. The molecule has 0 spiro atoms. The number of hydrazone groups is 1. The summed E-state index contributed by atoms with van der Waals surface area (Å²) in [6, 6.07) is 6.39. The van der Waals surface area contributed by atoms with Crippen LogP contribution in [0.15, 0.2) is 41.6 Å². The minimum Gasteiger partial charge on any atom is -0.435 e. The Labute approximate surface area is 137 Å². The van der Waals surface area contributed by atoms with E-state index in [4.69, 9.17) is 11.6 Å². The second kappa shape index (κ2) is 7.43. The number of rotatable bonds is 5. The van der Waals surface area contributed by atoms with Gasteiger partial charge in [-0.2, -0.15) is 27.1 Å². The summed E-state index contributed by atoms with van der Waals surface area (Å²) in [6.45, 7) is -2.95. The lowest BCUT2D eigenvalue weighted by Crippen LogP contribution is -2.06. The third-order valence-electron chi connectivity index (χ3n) is 2.64. The number of aromatic nitrogens is 1. The van der Waals surface area contributed by atoms with E-state index < -0.39 is 18.4 Å². The van der Waals surface area contributed by atoms with Crippen LogP contribution in [0, 0.1) is 0 Å². The van der Waals surface area contributed by atoms with E-state index in [0.717, 1.165) is 0 Å². The monoisotopic (exact) mass is 365 g/mol. The van der Waals surface area contributed by atoms with Crippen LogP contribution in [0.25, 0.3) is 0 Å². The van der Waals surface area contributed by atoms with Crippen molar-refractivity contribution in [1.82, 2.24) is 4.98 Å². The second-order valence-corrected chi connectivity index (χ2v) is 4.78. The van der Waals surface area contributed by atoms with E-state index in [1.54, 1.807) is 6.07 Å². The highest BCUT2D eigenvalue weighted by Gasteiger charge is 2.31. The van der Waals surface area contributed by atoms with Crippen LogP contribution >= 0.6 is 11.6 Å². The molecular formula is C14H9ClF5N3O. The first-order valence-electron chi connectivity index (χ1n) is 6.32. The molecule has 0 fully saturated rings. The van der Waals surface area contributed by atoms with Crippen LogP contribution in [0.1, 0.15) is 11.1 Å². The Hall–Kier alpha value is -2.42. The molecule has 4 nitrogen and oxygen atoms in total. The first-order chi connectivity index (χ1) is 11.3. The molecule has 1 aromatic carbocycles. The van der Waals surface area contributed by atoms with Crippen LogP contribution in [0.3, 0.4) is 0 Å². The molecule has 0 unspecified atom stereocenters. The molecule has 0 bridgehead atoms. The van der Waals surface area contributed by atoms with Crippen LogP contribution in [0.4, 0.5) is 27.8 Å². The maximum absolute atomic E-state index is 12.5. The summed E-state index contributed by atoms with van der Waals surface area (Å²) in [5, 5.41) is 3.47. The molecule has 0 aliphatic heterocycles. The number of nitrogens with zero attached hydrogens (tertiary/aromatic N) is 2. The number of anilines is 1. The summed E-state index contributed by atoms with van der Waals surface area (Å²) in [5.41, 5.74) is 1.80. The molecule has 2 rings (SSSR count). The maximum Gasteiger partial charge on any atom is 0.417 e. The lowest BCUT2D eigenvalue weighted by atomic mass is 10.2. The number of hydrogen-bond acceptors (Lipinski definition) is 4. The molecule has 10 heteroatoms. The molecule has 0 saturated carbocycles. The molecule has 0 atom stereocenters. The Morgan fingerprint density at radius 3 is 2.62 bits per heavy atom. The Morgan fingerprint density at radius 1 is 1.25 bits per heavy atom. The largest absolute Gasteiger partial charge is 0.435 e. The normalized spacial score (nSPS) is 12.0. The zero-order chi connectivity index (χ0) is 17.7. The number of halogens is 6. The van der Waals surface area contributed by atoms with Crippen molar-refractivity contribution in [3.63, 3.8) is 0 Å². The van der Waals surface area contributed by atoms with Crippen molar-refractivity contribution in [1.29, 1.82) is 0 Å². The van der Waals surface area contributed by atoms with Crippen molar-refractivity contribution >= 4 is 23.6 Å². The van der Waals surface area contributed by atoms with Crippen molar-refractivity contribution in [2.75, 3.05) is 5.43 Å². The van der Waals surface area contributed by atoms with Gasteiger partial charge in [-0.1, -0.05) is 23.7 Å². The van der Waals surface area contributed by atoms with Crippen LogP contribution < -0.4 is 10.2 Å². The van der Waals surface area contributed by atoms with Gasteiger partial charge in [0.25, 0.3) is 0 Å². The first-order valence-corrected chi connectivity index (χ1v) is 6.70. The van der Waals surface area contributed by atoms with Gasteiger partial charge in [0.05, 0.1) is 16.8 Å². The van der Waals surface area contributed by atoms with Crippen molar-refractivity contribution in [3.05, 3.63) is 52.7 Å². The third-order valence-corrected chi connectivity index (χ3v) is 2.92. The van der Waals surface area contributed by atoms with Gasteiger partial charge in [0.2, 0.25) is 0 Å². The van der Waals surface area contributed by atoms with Crippen LogP contribution in [0.2, 0.25) is 5.02 Å². The number of ether oxygens (including phenoxy) is 1. The molecule has 0 amide bonds. The number of hydrogen-bond donors (Lipinski definition) is 1. The van der Waals surface area contributed by atoms with E-state index in [1.165, 1.54) is 24.4 Å². The van der Waals surface area contributed by atoms with Crippen LogP contribution in [-0.2, 0) is 6.18 Å². The predicted molar refractivity (Wildman–Crippen MR) is 78.5 cm³/mol. The van der Waals surface area contributed by atoms with Gasteiger partial charge in [0.1, 0.15) is 5.75 Å². The summed E-state index contributed by atoms with van der Waals surface area (Å²) in [4.78, 5) is 3.53. The summed E-state index contributed by atoms with van der Waals surface area (Å²) in [7, 11) is 0. The van der Waals surface area contributed by atoms with Crippen molar-refractivity contribution in [2.24, 2.45) is 5.10 Å². The summed E-state index contributed by atoms with van der Waals surface area (Å²) >= 11 is 5.70. The minimum atomic E-state index is -4.55. The van der Waals surface area contributed by atoms with E-state index in [1.807, 2.05) is 0 Å². The molecule has 0 radical (unpaired) electrons. The molecule has 1 N–H and O–H groups in total. The zero-order valence-electron chi connectivity index (χ0n) is 11.7. The van der Waals surface area contributed by atoms with Gasteiger partial charge in [-0.15, -0.1) is 0 Å². The first kappa shape index (κ1) is 17.9. The van der Waals surface area contributed by atoms with Gasteiger partial charge in [-0.05, 0) is 23.8 Å². The van der Waals surface area contributed by atoms with E-state index in [9.17, 15) is 22.0 Å². The van der Waals surface area contributed by atoms with Crippen LogP contribution in [-0.4, -0.2) is 17.8 Å². The van der Waals surface area contributed by atoms with Crippen molar-refractivity contribution in [2.45, 2.75) is 12.8 Å². The smallest absolute Gasteiger partial charge is 0.417 e. The second-order valence-electron chi connectivity index (χ2n) is 4.37. The molecule has 1 aromatic heterocycles. The average molecular weight is 366 g/mol. The number of nitrogens with one attached hydrogen (secondary N) is 1. The third kappa shape index (κ3) is 5.05. The van der Waals surface area contributed by atoms with E-state index >= 15 is 0 Å². The molecule has 24 heavy (non-hydrogen) atoms. The molecule has 1 heterocycles. The van der Waals surface area contributed by atoms with Gasteiger partial charge >= 0.3 is 12.8 Å². The molecule has 2 aromatic rings. The molecular weight excluding hydrogens is 357 g/mol. The lowest BCUT2D eigenvalue weighted by Gasteiger charge is -2.08. The Bertz CT molecular complexity index is 737. The average Bonchev–Trinajstić information content (AvgIpc) is 2.47. The van der Waals surface area contributed by atoms with Crippen molar-refractivity contribution in [3.8, 4) is 5.75 Å². The topological polar surface area (TPSA) is 46.5 Å². The highest BCUT2D eigenvalue weighted by atomic mass is 35.5. The fourth-order valence-electron chi connectivity index (χ4n) is 1.61. The number of alkyl halides is 5. The highest BCUT2D eigenvalue weighted by molar-refractivity contribution is 6.32. The van der Waals surface area contributed by atoms with Crippen LogP contribution in [0.5, 0.6) is 5.75 Å². The van der Waals surface area contributed by atoms with E-state index in [-0.39, 0.29) is 16.6 Å². The quantitative estimate of drug-likeness (QED) is 0.470. The molecule has 128 valence electrons. The molecule has 0 aliphatic carbocycles. The van der Waals surface area contributed by atoms with Gasteiger partial charge in [0.15, 0.2) is 5.82 Å². The van der Waals surface area contributed by atoms with E-state index in [0.29, 0.717) is 17.8 Å². The number of pyridine rings is 1. The molecule has 0 saturated heterocycles. The lowest BCUT2D eigenvalue weighted by molar-refractivity contribution is -0.137. The fraction of sp³-hybridized carbons (Fsp3) is 0.143. The molecule has 0 aliphatic rings. The SMILES string of the molecule is FC(F)Oc1cccc(C=NNc2ncc(C(F)(F)F)cc2Cl)c1. The van der Waals surface area contributed by atoms with Crippen molar-refractivity contribution < 1.29 is 26.7 Å². The Morgan fingerprint density at radius 2 is 2.00 bits per heavy atom. The minimum absolute atomic E-state index is 0.0559. The summed E-state index contributed by atoms with van der Waals surface area (Å²) in [6.07, 6.45) is -2.70. The maximum atomic E-state index is 12.5. The Kier molecular flexibility index (Phi) is 5.55. The highest BCUT2D eigenvalue weighted by Crippen LogP contribution is 2.32. The summed E-state index contributed by atoms with van der Waals surface area (Å²) in [5.74, 6) is -0.138. The summed E-state index contributed by atoms with van der Waals surface area (Å²) < 4.78 is 65.9. The predicted octanol–water partition coefficient (Wildman–Crippen LogP) is 4.80. The van der Waals surface area contributed by atoms with Gasteiger partial charge in [-0.3, -0.25) is 5.43 Å². The van der Waals surface area contributed by atoms with Gasteiger partial charge < -0.3 is 4.74 Å². The Balaban J connectivity index is 2.07. The van der Waals surface area contributed by atoms with E-state index in [2.05, 4.69) is 20.2 Å². The standard InChI is InChI=1S/C14H9ClF5N3O/c15-11-5-9(14(18,19)20)7-21-12(11)23-22-6-8-2-1-3-10(4-8)24-13(16)17/h1-7,13H,(H,21,23). The van der Waals surface area contributed by atoms with Gasteiger partial charge in [0, 0.05) is 6.20 Å². The van der Waals surface area contributed by atoms with Gasteiger partial charge in [-0.25, -0.2) is 4.98 Å². The number of benzene rings is 1.